The summed E-state index contributed by atoms with van der Waals surface area (Å²) < 4.78 is 27.0. The molecule has 2 N–H and O–H groups in total. The summed E-state index contributed by atoms with van der Waals surface area (Å²) in [6.07, 6.45) is 0. The Hall–Kier alpha value is -1.00. The first-order valence-corrected chi connectivity index (χ1v) is 6.30. The van der Waals surface area contributed by atoms with E-state index in [1.165, 1.54) is 23.1 Å². The zero-order valence-corrected chi connectivity index (χ0v) is 10.2. The van der Waals surface area contributed by atoms with Crippen molar-refractivity contribution in [1.82, 2.24) is 0 Å². The highest BCUT2D eigenvalue weighted by molar-refractivity contribution is 5.18. The summed E-state index contributed by atoms with van der Waals surface area (Å²) in [6.45, 7) is 7.98. The van der Waals surface area contributed by atoms with Gasteiger partial charge in [0.05, 0.1) is 12.1 Å². The summed E-state index contributed by atoms with van der Waals surface area (Å²) in [6, 6.07) is 4.10. The summed E-state index contributed by atoms with van der Waals surface area (Å²) in [4.78, 5) is 2.87. The summed E-state index contributed by atoms with van der Waals surface area (Å²) in [7, 11) is 0. The van der Waals surface area contributed by atoms with E-state index in [0.29, 0.717) is 6.54 Å². The van der Waals surface area contributed by atoms with Crippen LogP contribution in [0.2, 0.25) is 0 Å². The van der Waals surface area contributed by atoms with Crippen LogP contribution in [0.15, 0.2) is 18.2 Å². The molecule has 0 unspecified atom stereocenters. The fourth-order valence-electron chi connectivity index (χ4n) is 2.44. The SMILES string of the molecule is CC[NH+]1CC[NH+](Cc2c(F)cccc2F)CC1. The summed E-state index contributed by atoms with van der Waals surface area (Å²) in [5.74, 6) is -0.828. The van der Waals surface area contributed by atoms with Gasteiger partial charge in [0.25, 0.3) is 0 Å². The van der Waals surface area contributed by atoms with Crippen LogP contribution in [-0.4, -0.2) is 32.7 Å². The standard InChI is InChI=1S/C13H18F2N2/c1-2-16-6-8-17(9-7-16)10-11-12(14)4-3-5-13(11)15/h3-5H,2,6-10H2,1H3/p+2. The monoisotopic (exact) mass is 242 g/mol. The van der Waals surface area contributed by atoms with E-state index < -0.39 is 11.6 Å². The summed E-state index contributed by atoms with van der Waals surface area (Å²) in [5.41, 5.74) is 0.238. The second-order valence-electron chi connectivity index (χ2n) is 4.73. The molecule has 0 bridgehead atoms. The molecule has 0 aliphatic carbocycles. The normalized spacial score (nSPS) is 24.9. The largest absolute Gasteiger partial charge is 0.326 e. The van der Waals surface area contributed by atoms with Crippen LogP contribution >= 0.6 is 0 Å². The molecule has 2 nitrogen and oxygen atoms in total. The predicted octanol–water partition coefficient (Wildman–Crippen LogP) is -0.732. The Balaban J connectivity index is 1.98. The number of nitrogens with one attached hydrogen (secondary N) is 2. The predicted molar refractivity (Wildman–Crippen MR) is 62.0 cm³/mol. The van der Waals surface area contributed by atoms with E-state index >= 15 is 0 Å². The summed E-state index contributed by atoms with van der Waals surface area (Å²) in [5, 5.41) is 0. The van der Waals surface area contributed by atoms with Gasteiger partial charge in [0.2, 0.25) is 0 Å². The number of piperazine rings is 1. The van der Waals surface area contributed by atoms with E-state index in [1.807, 2.05) is 0 Å². The van der Waals surface area contributed by atoms with Crippen LogP contribution in [0.1, 0.15) is 12.5 Å². The maximum Gasteiger partial charge on any atom is 0.135 e. The van der Waals surface area contributed by atoms with Crippen LogP contribution in [0.25, 0.3) is 0 Å². The molecule has 0 saturated carbocycles. The first-order valence-electron chi connectivity index (χ1n) is 6.30. The van der Waals surface area contributed by atoms with Gasteiger partial charge in [-0.1, -0.05) is 6.07 Å². The fourth-order valence-corrected chi connectivity index (χ4v) is 2.44. The molecule has 17 heavy (non-hydrogen) atoms. The van der Waals surface area contributed by atoms with Crippen molar-refractivity contribution >= 4 is 0 Å². The molecular formula is C13H20F2N2+2. The Morgan fingerprint density at radius 3 is 2.06 bits per heavy atom. The van der Waals surface area contributed by atoms with E-state index in [1.54, 1.807) is 4.90 Å². The van der Waals surface area contributed by atoms with Gasteiger partial charge in [0.15, 0.2) is 0 Å². The first kappa shape index (κ1) is 12.5. The highest BCUT2D eigenvalue weighted by atomic mass is 19.1. The van der Waals surface area contributed by atoms with E-state index in [2.05, 4.69) is 6.92 Å². The lowest BCUT2D eigenvalue weighted by molar-refractivity contribution is -1.02. The van der Waals surface area contributed by atoms with E-state index in [-0.39, 0.29) is 5.56 Å². The molecule has 1 heterocycles. The third-order valence-corrected chi connectivity index (χ3v) is 3.65. The van der Waals surface area contributed by atoms with Gasteiger partial charge >= 0.3 is 0 Å². The Bertz CT molecular complexity index is 353. The molecule has 2 rings (SSSR count). The van der Waals surface area contributed by atoms with Gasteiger partial charge in [-0.2, -0.15) is 0 Å². The topological polar surface area (TPSA) is 8.88 Å². The van der Waals surface area contributed by atoms with E-state index in [0.717, 1.165) is 32.7 Å². The van der Waals surface area contributed by atoms with Crippen LogP contribution in [0.4, 0.5) is 8.78 Å². The Morgan fingerprint density at radius 1 is 1.00 bits per heavy atom. The molecule has 1 aliphatic rings. The molecule has 1 aliphatic heterocycles. The van der Waals surface area contributed by atoms with Crippen molar-refractivity contribution in [3.8, 4) is 0 Å². The van der Waals surface area contributed by atoms with Crippen molar-refractivity contribution in [3.05, 3.63) is 35.4 Å². The lowest BCUT2D eigenvalue weighted by Crippen LogP contribution is -3.27. The number of benzene rings is 1. The quantitative estimate of drug-likeness (QED) is 0.691. The van der Waals surface area contributed by atoms with Crippen molar-refractivity contribution in [2.24, 2.45) is 0 Å². The number of halogens is 2. The maximum atomic E-state index is 13.5. The van der Waals surface area contributed by atoms with Crippen molar-refractivity contribution in [2.75, 3.05) is 32.7 Å². The van der Waals surface area contributed by atoms with Crippen LogP contribution < -0.4 is 9.80 Å². The minimum absolute atomic E-state index is 0.238. The molecule has 0 aromatic heterocycles. The van der Waals surface area contributed by atoms with Gasteiger partial charge in [-0.25, -0.2) is 8.78 Å². The van der Waals surface area contributed by atoms with Crippen molar-refractivity contribution in [2.45, 2.75) is 13.5 Å². The molecule has 0 radical (unpaired) electrons. The van der Waals surface area contributed by atoms with Crippen LogP contribution in [-0.2, 0) is 6.54 Å². The van der Waals surface area contributed by atoms with Crippen molar-refractivity contribution in [3.63, 3.8) is 0 Å². The highest BCUT2D eigenvalue weighted by Crippen LogP contribution is 2.10. The van der Waals surface area contributed by atoms with Gasteiger partial charge in [-0.3, -0.25) is 0 Å². The minimum Gasteiger partial charge on any atom is -0.326 e. The number of rotatable bonds is 3. The fraction of sp³-hybridized carbons (Fsp3) is 0.538. The smallest absolute Gasteiger partial charge is 0.135 e. The third kappa shape index (κ3) is 3.01. The van der Waals surface area contributed by atoms with Crippen molar-refractivity contribution < 1.29 is 18.6 Å². The first-order chi connectivity index (χ1) is 8.20. The summed E-state index contributed by atoms with van der Waals surface area (Å²) >= 11 is 0. The average Bonchev–Trinajstić information content (AvgIpc) is 2.35. The van der Waals surface area contributed by atoms with E-state index in [4.69, 9.17) is 0 Å². The zero-order valence-electron chi connectivity index (χ0n) is 10.2. The molecule has 0 atom stereocenters. The van der Waals surface area contributed by atoms with Crippen molar-refractivity contribution in [1.29, 1.82) is 0 Å². The number of quaternary nitrogens is 2. The molecule has 1 aromatic carbocycles. The number of hydrogen-bond donors (Lipinski definition) is 2. The minimum atomic E-state index is -0.414. The molecule has 0 spiro atoms. The molecule has 1 saturated heterocycles. The van der Waals surface area contributed by atoms with Gasteiger partial charge in [0.1, 0.15) is 44.4 Å². The second kappa shape index (κ2) is 5.56. The van der Waals surface area contributed by atoms with Crippen LogP contribution in [0.3, 0.4) is 0 Å². The second-order valence-corrected chi connectivity index (χ2v) is 4.73. The van der Waals surface area contributed by atoms with E-state index in [9.17, 15) is 8.78 Å². The zero-order chi connectivity index (χ0) is 12.3. The van der Waals surface area contributed by atoms with Crippen LogP contribution in [0, 0.1) is 11.6 Å². The Kier molecular flexibility index (Phi) is 4.07. The maximum absolute atomic E-state index is 13.5. The highest BCUT2D eigenvalue weighted by Gasteiger charge is 2.23. The Morgan fingerprint density at radius 2 is 1.53 bits per heavy atom. The van der Waals surface area contributed by atoms with Crippen LogP contribution in [0.5, 0.6) is 0 Å². The molecule has 94 valence electrons. The lowest BCUT2D eigenvalue weighted by Gasteiger charge is -2.29. The molecule has 4 heteroatoms. The number of likely N-dealkylation sites (N-methyl/N-ethyl adjacent to an activating group) is 1. The van der Waals surface area contributed by atoms with Gasteiger partial charge < -0.3 is 9.80 Å². The molecule has 1 aromatic rings. The average molecular weight is 242 g/mol. The molecular weight excluding hydrogens is 222 g/mol. The third-order valence-electron chi connectivity index (χ3n) is 3.65. The Labute approximate surface area is 101 Å². The molecule has 1 fully saturated rings. The number of hydrogen-bond acceptors (Lipinski definition) is 0. The molecule has 0 amide bonds. The van der Waals surface area contributed by atoms with Gasteiger partial charge in [-0.15, -0.1) is 0 Å². The van der Waals surface area contributed by atoms with Gasteiger partial charge in [-0.05, 0) is 19.1 Å². The lowest BCUT2D eigenvalue weighted by atomic mass is 10.1. The van der Waals surface area contributed by atoms with Gasteiger partial charge in [0, 0.05) is 0 Å².